The maximum absolute atomic E-state index is 13.0. The van der Waals surface area contributed by atoms with Crippen LogP contribution < -0.4 is 10.9 Å². The van der Waals surface area contributed by atoms with Crippen molar-refractivity contribution in [3.63, 3.8) is 0 Å². The van der Waals surface area contributed by atoms with E-state index >= 15 is 0 Å². The van der Waals surface area contributed by atoms with E-state index in [0.717, 1.165) is 19.5 Å². The number of thiophene rings is 1. The Morgan fingerprint density at radius 1 is 1.29 bits per heavy atom. The lowest BCUT2D eigenvalue weighted by molar-refractivity contribution is -0.134. The van der Waals surface area contributed by atoms with Crippen LogP contribution in [0, 0.1) is 18.8 Å². The van der Waals surface area contributed by atoms with Crippen LogP contribution in [0.4, 0.5) is 0 Å². The number of hydrogen-bond acceptors (Lipinski definition) is 5. The number of nitrogens with zero attached hydrogens (tertiary/aromatic N) is 3. The Bertz CT molecular complexity index is 952. The summed E-state index contributed by atoms with van der Waals surface area (Å²) >= 11 is 1.21. The molecule has 0 bridgehead atoms. The van der Waals surface area contributed by atoms with Gasteiger partial charge < -0.3 is 10.2 Å². The van der Waals surface area contributed by atoms with Crippen molar-refractivity contribution in [3.05, 3.63) is 27.1 Å². The van der Waals surface area contributed by atoms with Crippen molar-refractivity contribution in [2.24, 2.45) is 11.8 Å². The molecule has 152 valence electrons. The van der Waals surface area contributed by atoms with Gasteiger partial charge in [-0.1, -0.05) is 13.8 Å². The summed E-state index contributed by atoms with van der Waals surface area (Å²) in [5.74, 6) is 0.665. The van der Waals surface area contributed by atoms with E-state index in [2.05, 4.69) is 24.1 Å². The van der Waals surface area contributed by atoms with Crippen LogP contribution in [0.2, 0.25) is 0 Å². The molecule has 2 unspecified atom stereocenters. The van der Waals surface area contributed by atoms with E-state index in [1.807, 2.05) is 18.7 Å². The molecule has 1 saturated heterocycles. The predicted molar refractivity (Wildman–Crippen MR) is 111 cm³/mol. The number of hydrogen-bond donors (Lipinski definition) is 1. The van der Waals surface area contributed by atoms with Gasteiger partial charge in [-0.3, -0.25) is 19.0 Å². The van der Waals surface area contributed by atoms with Crippen molar-refractivity contribution < 1.29 is 9.59 Å². The zero-order valence-corrected chi connectivity index (χ0v) is 17.9. The third-order valence-electron chi connectivity index (χ3n) is 5.07. The molecule has 0 spiro atoms. The first-order valence-corrected chi connectivity index (χ1v) is 10.6. The second-order valence-electron chi connectivity index (χ2n) is 8.29. The summed E-state index contributed by atoms with van der Waals surface area (Å²) in [6, 6.07) is 0.00803. The summed E-state index contributed by atoms with van der Waals surface area (Å²) in [4.78, 5) is 45.3. The molecule has 1 N–H and O–H groups in total. The normalized spacial score (nSPS) is 20.0. The lowest BCUT2D eigenvalue weighted by Gasteiger charge is -2.35. The van der Waals surface area contributed by atoms with Gasteiger partial charge in [0, 0.05) is 19.1 Å². The Hall–Kier alpha value is -2.22. The summed E-state index contributed by atoms with van der Waals surface area (Å²) in [5.41, 5.74) is 0.353. The van der Waals surface area contributed by atoms with Crippen LogP contribution in [0.3, 0.4) is 0 Å². The first-order chi connectivity index (χ1) is 13.2. The van der Waals surface area contributed by atoms with Crippen molar-refractivity contribution in [1.82, 2.24) is 19.8 Å². The van der Waals surface area contributed by atoms with Crippen molar-refractivity contribution in [3.8, 4) is 0 Å². The van der Waals surface area contributed by atoms with E-state index in [1.165, 1.54) is 22.2 Å². The molecule has 1 aliphatic rings. The number of aromatic nitrogens is 2. The van der Waals surface area contributed by atoms with Crippen LogP contribution >= 0.6 is 11.3 Å². The minimum absolute atomic E-state index is 0.00803. The van der Waals surface area contributed by atoms with Gasteiger partial charge in [-0.25, -0.2) is 4.98 Å². The Labute approximate surface area is 168 Å². The summed E-state index contributed by atoms with van der Waals surface area (Å²) in [7, 11) is 0. The molecule has 3 rings (SSSR count). The quantitative estimate of drug-likeness (QED) is 0.848. The van der Waals surface area contributed by atoms with Crippen LogP contribution in [-0.2, 0) is 11.3 Å². The molecular weight excluding hydrogens is 376 g/mol. The number of carbonyl (C=O) groups excluding carboxylic acids is 2. The topological polar surface area (TPSA) is 84.3 Å². The lowest BCUT2D eigenvalue weighted by atomic mass is 9.92. The molecule has 2 aromatic heterocycles. The van der Waals surface area contributed by atoms with Crippen molar-refractivity contribution in [2.45, 2.75) is 53.6 Å². The highest BCUT2D eigenvalue weighted by atomic mass is 32.1. The third kappa shape index (κ3) is 4.11. The highest BCUT2D eigenvalue weighted by molar-refractivity contribution is 7.20. The molecule has 0 radical (unpaired) electrons. The fourth-order valence-corrected chi connectivity index (χ4v) is 4.97. The second kappa shape index (κ2) is 8.03. The third-order valence-corrected chi connectivity index (χ3v) is 6.27. The molecule has 1 fully saturated rings. The average Bonchev–Trinajstić information content (AvgIpc) is 2.93. The van der Waals surface area contributed by atoms with Crippen LogP contribution in [-0.4, -0.2) is 45.4 Å². The molecule has 8 heteroatoms. The fourth-order valence-electron chi connectivity index (χ4n) is 3.93. The molecule has 1 aliphatic heterocycles. The number of likely N-dealkylation sites (tertiary alicyclic amines) is 1. The van der Waals surface area contributed by atoms with Gasteiger partial charge in [-0.15, -0.1) is 11.3 Å². The molecule has 2 aromatic rings. The Kier molecular flexibility index (Phi) is 5.88. The Morgan fingerprint density at radius 2 is 1.93 bits per heavy atom. The van der Waals surface area contributed by atoms with Crippen LogP contribution in [0.25, 0.3) is 10.2 Å². The summed E-state index contributed by atoms with van der Waals surface area (Å²) in [6.07, 6.45) is 2.53. The molecular formula is C20H28N4O3S. The zero-order chi connectivity index (χ0) is 20.6. The number of piperidine rings is 1. The average molecular weight is 405 g/mol. The Balaban J connectivity index is 1.88. The highest BCUT2D eigenvalue weighted by Gasteiger charge is 2.26. The van der Waals surface area contributed by atoms with Crippen LogP contribution in [0.15, 0.2) is 11.1 Å². The standard InChI is InChI=1S/C20H28N4O3S/c1-11(2)22-18(26)17-14(5)16-19(28-17)21-10-24(20(16)27)9-15(25)23-7-12(3)6-13(4)8-23/h10-13H,6-9H2,1-5H3,(H,22,26). The van der Waals surface area contributed by atoms with E-state index in [-0.39, 0.29) is 30.0 Å². The van der Waals surface area contributed by atoms with Gasteiger partial charge in [0.25, 0.3) is 11.5 Å². The van der Waals surface area contributed by atoms with Gasteiger partial charge in [0.15, 0.2) is 0 Å². The number of rotatable bonds is 4. The SMILES string of the molecule is Cc1c(C(=O)NC(C)C)sc2ncn(CC(=O)N3CC(C)CC(C)C3)c(=O)c12. The summed E-state index contributed by atoms with van der Waals surface area (Å²) in [5, 5.41) is 3.28. The van der Waals surface area contributed by atoms with Crippen molar-refractivity contribution in [2.75, 3.05) is 13.1 Å². The van der Waals surface area contributed by atoms with Crippen LogP contribution in [0.5, 0.6) is 0 Å². The molecule has 2 atom stereocenters. The first kappa shape index (κ1) is 20.5. The monoisotopic (exact) mass is 404 g/mol. The minimum Gasteiger partial charge on any atom is -0.349 e. The van der Waals surface area contributed by atoms with Gasteiger partial charge in [0.2, 0.25) is 5.91 Å². The number of carbonyl (C=O) groups is 2. The molecule has 28 heavy (non-hydrogen) atoms. The van der Waals surface area contributed by atoms with Gasteiger partial charge >= 0.3 is 0 Å². The van der Waals surface area contributed by atoms with E-state index in [0.29, 0.717) is 32.5 Å². The zero-order valence-electron chi connectivity index (χ0n) is 17.1. The number of fused-ring (bicyclic) bond motifs is 1. The second-order valence-corrected chi connectivity index (χ2v) is 9.29. The molecule has 0 saturated carbocycles. The smallest absolute Gasteiger partial charge is 0.262 e. The largest absolute Gasteiger partial charge is 0.349 e. The van der Waals surface area contributed by atoms with Gasteiger partial charge in [0.05, 0.1) is 16.6 Å². The van der Waals surface area contributed by atoms with Gasteiger partial charge in [-0.05, 0) is 44.6 Å². The number of nitrogens with one attached hydrogen (secondary N) is 1. The van der Waals surface area contributed by atoms with Gasteiger partial charge in [-0.2, -0.15) is 0 Å². The number of amides is 2. The van der Waals surface area contributed by atoms with E-state index in [1.54, 1.807) is 6.92 Å². The lowest BCUT2D eigenvalue weighted by Crippen LogP contribution is -2.44. The Morgan fingerprint density at radius 3 is 2.54 bits per heavy atom. The molecule has 7 nitrogen and oxygen atoms in total. The fraction of sp³-hybridized carbons (Fsp3) is 0.600. The van der Waals surface area contributed by atoms with E-state index in [4.69, 9.17) is 0 Å². The first-order valence-electron chi connectivity index (χ1n) is 9.74. The summed E-state index contributed by atoms with van der Waals surface area (Å²) in [6.45, 7) is 11.3. The van der Waals surface area contributed by atoms with E-state index in [9.17, 15) is 14.4 Å². The van der Waals surface area contributed by atoms with Gasteiger partial charge in [0.1, 0.15) is 11.4 Å². The number of aryl methyl sites for hydroxylation is 1. The highest BCUT2D eigenvalue weighted by Crippen LogP contribution is 2.27. The maximum Gasteiger partial charge on any atom is 0.262 e. The molecule has 0 aliphatic carbocycles. The molecule has 3 heterocycles. The summed E-state index contributed by atoms with van der Waals surface area (Å²) < 4.78 is 1.36. The van der Waals surface area contributed by atoms with Crippen LogP contribution in [0.1, 0.15) is 49.4 Å². The van der Waals surface area contributed by atoms with Crippen molar-refractivity contribution in [1.29, 1.82) is 0 Å². The van der Waals surface area contributed by atoms with Crippen molar-refractivity contribution >= 4 is 33.4 Å². The van der Waals surface area contributed by atoms with E-state index < -0.39 is 0 Å². The minimum atomic E-state index is -0.270. The molecule has 0 aromatic carbocycles. The predicted octanol–water partition coefficient (Wildman–Crippen LogP) is 2.41. The molecule has 2 amide bonds. The maximum atomic E-state index is 13.0.